The Kier molecular flexibility index (Phi) is 47.6. The molecule has 0 saturated heterocycles. The number of aliphatic hydroxyl groups excluding tert-OH is 2. The summed E-state index contributed by atoms with van der Waals surface area (Å²) in [5, 5.41) is 18.4. The Labute approximate surface area is 381 Å². The first-order valence-corrected chi connectivity index (χ1v) is 27.1. The molecule has 3 unspecified atom stereocenters. The number of allylic oxidation sites excluding steroid dienone is 8. The lowest BCUT2D eigenvalue weighted by molar-refractivity contribution is -0.154. The SMILES string of the molecule is CCCCC/C=C\C/C=C\C/C=C\CCCCCCCCC(=O)OC(COCCCCCCCCCCCC/C=C\CCCCCCCCCC)COP(=O)(O)OCC(O)CO. The minimum atomic E-state index is -4.53. The third-order valence-electron chi connectivity index (χ3n) is 11.0. The lowest BCUT2D eigenvalue weighted by atomic mass is 10.1. The molecule has 0 aliphatic carbocycles. The largest absolute Gasteiger partial charge is 0.472 e. The summed E-state index contributed by atoms with van der Waals surface area (Å²) >= 11 is 0. The molecule has 0 rings (SSSR count). The zero-order valence-electron chi connectivity index (χ0n) is 40.1. The smallest absolute Gasteiger partial charge is 0.457 e. The molecule has 0 aromatic heterocycles. The number of carbonyl (C=O) groups is 1. The van der Waals surface area contributed by atoms with Crippen molar-refractivity contribution in [1.29, 1.82) is 0 Å². The molecule has 3 atom stereocenters. The fraction of sp³-hybridized carbons (Fsp3) is 0.827. The molecule has 0 spiro atoms. The van der Waals surface area contributed by atoms with Gasteiger partial charge in [-0.3, -0.25) is 13.8 Å². The molecule has 0 radical (unpaired) electrons. The average Bonchev–Trinajstić information content (AvgIpc) is 3.26. The number of ether oxygens (including phenoxy) is 2. The van der Waals surface area contributed by atoms with Crippen molar-refractivity contribution >= 4 is 13.8 Å². The van der Waals surface area contributed by atoms with Crippen LogP contribution < -0.4 is 0 Å². The van der Waals surface area contributed by atoms with Crippen LogP contribution in [-0.4, -0.2) is 66.3 Å². The second-order valence-corrected chi connectivity index (χ2v) is 18.6. The average molecular weight is 897 g/mol. The molecule has 0 bridgehead atoms. The van der Waals surface area contributed by atoms with Crippen molar-refractivity contribution in [3.63, 3.8) is 0 Å². The van der Waals surface area contributed by atoms with Gasteiger partial charge in [0.05, 0.1) is 26.4 Å². The lowest BCUT2D eigenvalue weighted by Crippen LogP contribution is -2.29. The predicted octanol–water partition coefficient (Wildman–Crippen LogP) is 14.9. The first-order chi connectivity index (χ1) is 30.3. The van der Waals surface area contributed by atoms with Crippen molar-refractivity contribution in [1.82, 2.24) is 0 Å². The Morgan fingerprint density at radius 2 is 0.871 bits per heavy atom. The first kappa shape index (κ1) is 60.4. The summed E-state index contributed by atoms with van der Waals surface area (Å²) in [7, 11) is -4.53. The van der Waals surface area contributed by atoms with E-state index in [0.717, 1.165) is 57.8 Å². The normalized spacial score (nSPS) is 14.2. The lowest BCUT2D eigenvalue weighted by Gasteiger charge is -2.20. The first-order valence-electron chi connectivity index (χ1n) is 25.6. The topological polar surface area (TPSA) is 132 Å². The maximum atomic E-state index is 12.7. The summed E-state index contributed by atoms with van der Waals surface area (Å²) in [6.45, 7) is 3.50. The van der Waals surface area contributed by atoms with E-state index in [1.807, 2.05) is 0 Å². The van der Waals surface area contributed by atoms with Gasteiger partial charge in [-0.05, 0) is 77.0 Å². The van der Waals surface area contributed by atoms with Crippen LogP contribution in [-0.2, 0) is 27.9 Å². The van der Waals surface area contributed by atoms with Gasteiger partial charge in [0.1, 0.15) is 12.2 Å². The van der Waals surface area contributed by atoms with Gasteiger partial charge >= 0.3 is 13.8 Å². The molecule has 364 valence electrons. The van der Waals surface area contributed by atoms with Crippen LogP contribution in [0.1, 0.15) is 232 Å². The number of phosphoric ester groups is 1. The molecule has 0 aliphatic rings. The summed E-state index contributed by atoms with van der Waals surface area (Å²) in [6.07, 6.45) is 56.4. The number of hydrogen-bond donors (Lipinski definition) is 3. The van der Waals surface area contributed by atoms with E-state index in [1.165, 1.54) is 148 Å². The highest BCUT2D eigenvalue weighted by Crippen LogP contribution is 2.43. The van der Waals surface area contributed by atoms with Gasteiger partial charge in [-0.15, -0.1) is 0 Å². The highest BCUT2D eigenvalue weighted by molar-refractivity contribution is 7.47. The third-order valence-corrected chi connectivity index (χ3v) is 11.9. The number of rotatable bonds is 49. The monoisotopic (exact) mass is 897 g/mol. The summed E-state index contributed by atoms with van der Waals surface area (Å²) in [6, 6.07) is 0. The van der Waals surface area contributed by atoms with E-state index >= 15 is 0 Å². The summed E-state index contributed by atoms with van der Waals surface area (Å²) < 4.78 is 33.5. The molecule has 3 N–H and O–H groups in total. The number of phosphoric acid groups is 1. The second kappa shape index (κ2) is 48.9. The van der Waals surface area contributed by atoms with Gasteiger partial charge in [0.2, 0.25) is 0 Å². The van der Waals surface area contributed by atoms with Gasteiger partial charge in [0, 0.05) is 13.0 Å². The van der Waals surface area contributed by atoms with E-state index in [9.17, 15) is 19.4 Å². The molecule has 62 heavy (non-hydrogen) atoms. The van der Waals surface area contributed by atoms with Crippen LogP contribution in [0.2, 0.25) is 0 Å². The maximum Gasteiger partial charge on any atom is 0.472 e. The van der Waals surface area contributed by atoms with E-state index in [1.54, 1.807) is 0 Å². The van der Waals surface area contributed by atoms with Gasteiger partial charge in [0.15, 0.2) is 0 Å². The molecule has 9 nitrogen and oxygen atoms in total. The minimum absolute atomic E-state index is 0.0430. The zero-order valence-corrected chi connectivity index (χ0v) is 41.0. The van der Waals surface area contributed by atoms with Crippen LogP contribution in [0, 0.1) is 0 Å². The Bertz CT molecular complexity index is 1110. The van der Waals surface area contributed by atoms with Gasteiger partial charge in [-0.1, -0.05) is 197 Å². The van der Waals surface area contributed by atoms with E-state index in [0.29, 0.717) is 13.0 Å². The molecule has 0 amide bonds. The molecular formula is C52H97O9P. The molecule has 0 aromatic carbocycles. The van der Waals surface area contributed by atoms with Crippen LogP contribution >= 0.6 is 7.82 Å². The Balaban J connectivity index is 4.09. The molecular weight excluding hydrogens is 800 g/mol. The summed E-state index contributed by atoms with van der Waals surface area (Å²) in [5.74, 6) is -0.394. The van der Waals surface area contributed by atoms with Crippen LogP contribution in [0.15, 0.2) is 48.6 Å². The molecule has 0 heterocycles. The van der Waals surface area contributed by atoms with Crippen molar-refractivity contribution in [3.05, 3.63) is 48.6 Å². The van der Waals surface area contributed by atoms with Crippen LogP contribution in [0.3, 0.4) is 0 Å². The highest BCUT2D eigenvalue weighted by atomic mass is 31.2. The Morgan fingerprint density at radius 3 is 1.35 bits per heavy atom. The van der Waals surface area contributed by atoms with Gasteiger partial charge in [-0.2, -0.15) is 0 Å². The molecule has 0 aromatic rings. The number of carbonyl (C=O) groups excluding carboxylic acids is 1. The zero-order chi connectivity index (χ0) is 45.3. The fourth-order valence-electron chi connectivity index (χ4n) is 7.06. The highest BCUT2D eigenvalue weighted by Gasteiger charge is 2.26. The predicted molar refractivity (Wildman–Crippen MR) is 260 cm³/mol. The quantitative estimate of drug-likeness (QED) is 0.0236. The van der Waals surface area contributed by atoms with Gasteiger partial charge in [-0.25, -0.2) is 4.57 Å². The van der Waals surface area contributed by atoms with E-state index in [2.05, 4.69) is 62.5 Å². The van der Waals surface area contributed by atoms with Gasteiger partial charge in [0.25, 0.3) is 0 Å². The summed E-state index contributed by atoms with van der Waals surface area (Å²) in [4.78, 5) is 22.7. The number of hydrogen-bond acceptors (Lipinski definition) is 8. The van der Waals surface area contributed by atoms with Crippen molar-refractivity contribution in [3.8, 4) is 0 Å². The number of unbranched alkanes of at least 4 members (excludes halogenated alkanes) is 27. The minimum Gasteiger partial charge on any atom is -0.457 e. The fourth-order valence-corrected chi connectivity index (χ4v) is 7.85. The maximum absolute atomic E-state index is 12.7. The molecule has 0 aliphatic heterocycles. The van der Waals surface area contributed by atoms with E-state index in [-0.39, 0.29) is 19.6 Å². The number of esters is 1. The second-order valence-electron chi connectivity index (χ2n) is 17.2. The molecule has 0 fully saturated rings. The Morgan fingerprint density at radius 1 is 0.500 bits per heavy atom. The molecule has 10 heteroatoms. The van der Waals surface area contributed by atoms with Gasteiger partial charge < -0.3 is 24.6 Å². The van der Waals surface area contributed by atoms with Crippen LogP contribution in [0.25, 0.3) is 0 Å². The standard InChI is InChI=1S/C52H97O9P/c1-3-5-7-9-11-13-15-17-19-21-23-24-25-27-29-31-33-35-37-39-41-43-45-58-48-51(49-60-62(56,57)59-47-50(54)46-53)61-52(55)44-42-40-38-36-34-32-30-28-26-22-20-18-16-14-12-10-8-6-4-2/h12,14,18,20-21,23,26,28,50-51,53-54H,3-11,13,15-17,19,22,24-25,27,29-49H2,1-2H3,(H,56,57)/b14-12-,20-18-,23-21-,28-26-. The summed E-state index contributed by atoms with van der Waals surface area (Å²) in [5.41, 5.74) is 0. The number of aliphatic hydroxyl groups is 2. The Hall–Kier alpha value is -1.58. The van der Waals surface area contributed by atoms with Crippen molar-refractivity contribution < 1.29 is 43.0 Å². The van der Waals surface area contributed by atoms with E-state index in [4.69, 9.17) is 23.6 Å². The van der Waals surface area contributed by atoms with Crippen molar-refractivity contribution in [2.75, 3.05) is 33.0 Å². The van der Waals surface area contributed by atoms with Crippen molar-refractivity contribution in [2.45, 2.75) is 244 Å². The van der Waals surface area contributed by atoms with Crippen molar-refractivity contribution in [2.24, 2.45) is 0 Å². The van der Waals surface area contributed by atoms with Crippen LogP contribution in [0.5, 0.6) is 0 Å². The third kappa shape index (κ3) is 47.9. The molecule has 0 saturated carbocycles. The van der Waals surface area contributed by atoms with Crippen LogP contribution in [0.4, 0.5) is 0 Å². The van der Waals surface area contributed by atoms with E-state index < -0.39 is 39.2 Å².